The van der Waals surface area contributed by atoms with Gasteiger partial charge in [0.25, 0.3) is 0 Å². The minimum atomic E-state index is -3.35. The Bertz CT molecular complexity index is 1240. The molecule has 0 saturated heterocycles. The Morgan fingerprint density at radius 3 is 1.97 bits per heavy atom. The van der Waals surface area contributed by atoms with Crippen LogP contribution in [0.2, 0.25) is 0 Å². The van der Waals surface area contributed by atoms with Crippen molar-refractivity contribution < 1.29 is 13.5 Å². The monoisotopic (exact) mass is 420 g/mol. The molecule has 0 amide bonds. The zero-order valence-electron chi connectivity index (χ0n) is 17.0. The molecule has 0 fully saturated rings. The lowest BCUT2D eigenvalue weighted by Crippen LogP contribution is -2.32. The first-order chi connectivity index (χ1) is 14.4. The van der Waals surface area contributed by atoms with E-state index in [1.165, 1.54) is 0 Å². The summed E-state index contributed by atoms with van der Waals surface area (Å²) in [6.45, 7) is 4.12. The molecule has 0 atom stereocenters. The summed E-state index contributed by atoms with van der Waals surface area (Å²) in [5, 5.41) is 12.1. The van der Waals surface area contributed by atoms with Crippen molar-refractivity contribution in [3.8, 4) is 0 Å². The molecule has 0 aliphatic rings. The normalized spacial score (nSPS) is 12.4. The number of sulfone groups is 1. The van der Waals surface area contributed by atoms with E-state index >= 15 is 0 Å². The molecule has 0 aliphatic carbocycles. The molecule has 5 nitrogen and oxygen atoms in total. The number of hydrogen-bond donors (Lipinski definition) is 1. The first-order valence-electron chi connectivity index (χ1n) is 9.98. The molecule has 0 aliphatic heterocycles. The maximum Gasteiger partial charge on any atom is 0.178 e. The topological polar surface area (TPSA) is 72.2 Å². The number of rotatable bonds is 6. The zero-order valence-corrected chi connectivity index (χ0v) is 17.8. The van der Waals surface area contributed by atoms with E-state index in [1.54, 1.807) is 25.1 Å². The molecule has 4 rings (SSSR count). The molecular formula is C24H24N2O3S. The van der Waals surface area contributed by atoms with Crippen molar-refractivity contribution in [1.82, 2.24) is 9.55 Å². The van der Waals surface area contributed by atoms with Crippen molar-refractivity contribution in [1.29, 1.82) is 0 Å². The first kappa shape index (κ1) is 20.3. The van der Waals surface area contributed by atoms with Crippen LogP contribution in [-0.4, -0.2) is 28.8 Å². The lowest BCUT2D eigenvalue weighted by Gasteiger charge is -2.29. The van der Waals surface area contributed by atoms with Crippen LogP contribution < -0.4 is 0 Å². The second kappa shape index (κ2) is 7.70. The van der Waals surface area contributed by atoms with Crippen molar-refractivity contribution in [2.75, 3.05) is 5.75 Å². The summed E-state index contributed by atoms with van der Waals surface area (Å²) in [4.78, 5) is 5.04. The van der Waals surface area contributed by atoms with Crippen LogP contribution in [0.5, 0.6) is 0 Å². The van der Waals surface area contributed by atoms with Gasteiger partial charge in [-0.3, -0.25) is 0 Å². The smallest absolute Gasteiger partial charge is 0.178 e. The number of aryl methyl sites for hydroxylation is 1. The van der Waals surface area contributed by atoms with Crippen molar-refractivity contribution >= 4 is 20.9 Å². The lowest BCUT2D eigenvalue weighted by molar-refractivity contribution is 0.112. The molecule has 1 N–H and O–H groups in total. The predicted molar refractivity (Wildman–Crippen MR) is 118 cm³/mol. The Morgan fingerprint density at radius 2 is 1.47 bits per heavy atom. The van der Waals surface area contributed by atoms with E-state index in [9.17, 15) is 13.5 Å². The number of aromatic nitrogens is 2. The fourth-order valence-corrected chi connectivity index (χ4v) is 4.74. The highest BCUT2D eigenvalue weighted by Gasteiger charge is 2.38. The van der Waals surface area contributed by atoms with E-state index in [1.807, 2.05) is 72.2 Å². The van der Waals surface area contributed by atoms with Gasteiger partial charge in [0.2, 0.25) is 0 Å². The van der Waals surface area contributed by atoms with Crippen molar-refractivity contribution in [3.63, 3.8) is 0 Å². The molecule has 0 saturated carbocycles. The number of nitrogens with zero attached hydrogens (tertiary/aromatic N) is 2. The summed E-state index contributed by atoms with van der Waals surface area (Å²) in [5.41, 5.74) is 1.24. The van der Waals surface area contributed by atoms with Crippen LogP contribution in [0.15, 0.2) is 83.8 Å². The van der Waals surface area contributed by atoms with Crippen LogP contribution in [0.3, 0.4) is 0 Å². The average Bonchev–Trinajstić information content (AvgIpc) is 3.18. The second-order valence-corrected chi connectivity index (χ2v) is 9.45. The first-order valence-corrected chi connectivity index (χ1v) is 11.6. The largest absolute Gasteiger partial charge is 0.373 e. The Balaban J connectivity index is 2.04. The quantitative estimate of drug-likeness (QED) is 0.509. The Kier molecular flexibility index (Phi) is 5.22. The number of imidazole rings is 1. The standard InChI is InChI=1S/C24H24N2O3S/c1-3-26-22-17-20(30(28,29)4-2)15-16-21(22)25-23(26)24(27,18-11-7-5-8-12-18)19-13-9-6-10-14-19/h5-17,27H,3-4H2,1-2H3. The van der Waals surface area contributed by atoms with Crippen LogP contribution in [0.1, 0.15) is 30.8 Å². The van der Waals surface area contributed by atoms with E-state index in [2.05, 4.69) is 0 Å². The summed E-state index contributed by atoms with van der Waals surface area (Å²) < 4.78 is 26.7. The summed E-state index contributed by atoms with van der Waals surface area (Å²) in [6.07, 6.45) is 0. The van der Waals surface area contributed by atoms with Gasteiger partial charge in [-0.05, 0) is 36.2 Å². The summed E-state index contributed by atoms with van der Waals surface area (Å²) >= 11 is 0. The van der Waals surface area contributed by atoms with Crippen LogP contribution in [0, 0.1) is 0 Å². The molecular weight excluding hydrogens is 396 g/mol. The van der Waals surface area contributed by atoms with Crippen LogP contribution >= 0.6 is 0 Å². The van der Waals surface area contributed by atoms with Gasteiger partial charge >= 0.3 is 0 Å². The molecule has 0 spiro atoms. The Morgan fingerprint density at radius 1 is 0.900 bits per heavy atom. The van der Waals surface area contributed by atoms with Gasteiger partial charge in [0.1, 0.15) is 0 Å². The number of hydrogen-bond acceptors (Lipinski definition) is 4. The maximum atomic E-state index is 12.4. The molecule has 3 aromatic carbocycles. The molecule has 0 bridgehead atoms. The van der Waals surface area contributed by atoms with Gasteiger partial charge in [0.15, 0.2) is 21.3 Å². The minimum Gasteiger partial charge on any atom is -0.373 e. The van der Waals surface area contributed by atoms with E-state index in [-0.39, 0.29) is 10.6 Å². The van der Waals surface area contributed by atoms with Crippen LogP contribution in [-0.2, 0) is 22.0 Å². The number of benzene rings is 3. The average molecular weight is 421 g/mol. The number of fused-ring (bicyclic) bond motifs is 1. The van der Waals surface area contributed by atoms with Crippen LogP contribution in [0.4, 0.5) is 0 Å². The molecule has 0 unspecified atom stereocenters. The van der Waals surface area contributed by atoms with Crippen molar-refractivity contribution in [3.05, 3.63) is 95.8 Å². The maximum absolute atomic E-state index is 12.4. The molecule has 30 heavy (non-hydrogen) atoms. The highest BCUT2D eigenvalue weighted by atomic mass is 32.2. The minimum absolute atomic E-state index is 0.0313. The fourth-order valence-electron chi connectivity index (χ4n) is 3.84. The SMILES string of the molecule is CCn1c(C(O)(c2ccccc2)c2ccccc2)nc2ccc(S(=O)(=O)CC)cc21. The summed E-state index contributed by atoms with van der Waals surface area (Å²) in [5.74, 6) is 0.493. The molecule has 6 heteroatoms. The zero-order chi connectivity index (χ0) is 21.4. The Hall–Kier alpha value is -2.96. The van der Waals surface area contributed by atoms with Crippen molar-refractivity contribution in [2.24, 2.45) is 0 Å². The summed E-state index contributed by atoms with van der Waals surface area (Å²) in [6, 6.07) is 23.8. The Labute approximate surface area is 176 Å². The highest BCUT2D eigenvalue weighted by Crippen LogP contribution is 2.38. The van der Waals surface area contributed by atoms with Gasteiger partial charge in [-0.2, -0.15) is 0 Å². The molecule has 1 aromatic heterocycles. The predicted octanol–water partition coefficient (Wildman–Crippen LogP) is 4.13. The van der Waals surface area contributed by atoms with Gasteiger partial charge in [-0.1, -0.05) is 67.6 Å². The van der Waals surface area contributed by atoms with Crippen molar-refractivity contribution in [2.45, 2.75) is 30.9 Å². The molecule has 0 radical (unpaired) electrons. The van der Waals surface area contributed by atoms with E-state index < -0.39 is 15.4 Å². The molecule has 1 heterocycles. The third kappa shape index (κ3) is 3.22. The fraction of sp³-hybridized carbons (Fsp3) is 0.208. The number of aliphatic hydroxyl groups is 1. The lowest BCUT2D eigenvalue weighted by atomic mass is 9.85. The second-order valence-electron chi connectivity index (χ2n) is 7.18. The highest BCUT2D eigenvalue weighted by molar-refractivity contribution is 7.91. The van der Waals surface area contributed by atoms with Gasteiger partial charge in [0, 0.05) is 6.54 Å². The van der Waals surface area contributed by atoms with Gasteiger partial charge < -0.3 is 9.67 Å². The van der Waals surface area contributed by atoms with Crippen LogP contribution in [0.25, 0.3) is 11.0 Å². The van der Waals surface area contributed by atoms with Gasteiger partial charge in [-0.15, -0.1) is 0 Å². The van der Waals surface area contributed by atoms with E-state index in [0.29, 0.717) is 34.5 Å². The van der Waals surface area contributed by atoms with E-state index in [0.717, 1.165) is 0 Å². The molecule has 154 valence electrons. The summed E-state index contributed by atoms with van der Waals surface area (Å²) in [7, 11) is -3.35. The third-order valence-corrected chi connectivity index (χ3v) is 7.21. The van der Waals surface area contributed by atoms with E-state index in [4.69, 9.17) is 4.98 Å². The molecule has 4 aromatic rings. The third-order valence-electron chi connectivity index (χ3n) is 5.48. The van der Waals surface area contributed by atoms with Gasteiger partial charge in [0.05, 0.1) is 21.7 Å². The van der Waals surface area contributed by atoms with Gasteiger partial charge in [-0.25, -0.2) is 13.4 Å².